The van der Waals surface area contributed by atoms with E-state index in [1.54, 1.807) is 11.3 Å². The average Bonchev–Trinajstić information content (AvgIpc) is 2.83. The number of hydrogen-bond acceptors (Lipinski definition) is 4. The normalized spacial score (nSPS) is 25.8. The van der Waals surface area contributed by atoms with Gasteiger partial charge in [-0.1, -0.05) is 0 Å². The van der Waals surface area contributed by atoms with Gasteiger partial charge in [-0.05, 0) is 50.6 Å². The summed E-state index contributed by atoms with van der Waals surface area (Å²) in [7, 11) is 0. The van der Waals surface area contributed by atoms with E-state index < -0.39 is 0 Å². The molecular formula is C12H21N3S. The summed E-state index contributed by atoms with van der Waals surface area (Å²) in [4.78, 5) is 4.26. The molecule has 0 spiro atoms. The molecule has 4 heteroatoms. The third-order valence-corrected chi connectivity index (χ3v) is 4.27. The van der Waals surface area contributed by atoms with E-state index >= 15 is 0 Å². The molecule has 0 amide bonds. The minimum absolute atomic E-state index is 0.787. The fourth-order valence-corrected chi connectivity index (χ4v) is 2.98. The van der Waals surface area contributed by atoms with Crippen molar-refractivity contribution in [2.75, 3.05) is 13.1 Å². The van der Waals surface area contributed by atoms with E-state index in [0.29, 0.717) is 0 Å². The summed E-state index contributed by atoms with van der Waals surface area (Å²) in [6, 6.07) is 0. The highest BCUT2D eigenvalue weighted by atomic mass is 32.1. The topological polar surface area (TPSA) is 50.9 Å². The number of thiazole rings is 1. The molecule has 90 valence electrons. The molecule has 2 rings (SSSR count). The van der Waals surface area contributed by atoms with Gasteiger partial charge in [0.15, 0.2) is 0 Å². The van der Waals surface area contributed by atoms with E-state index in [4.69, 9.17) is 5.73 Å². The van der Waals surface area contributed by atoms with E-state index in [0.717, 1.165) is 31.5 Å². The van der Waals surface area contributed by atoms with E-state index in [1.165, 1.54) is 30.7 Å². The Labute approximate surface area is 101 Å². The minimum atomic E-state index is 0.787. The number of nitrogens with two attached hydrogens (primary N) is 1. The first-order chi connectivity index (χ1) is 7.88. The molecule has 0 aromatic carbocycles. The number of aromatic nitrogens is 1. The van der Waals surface area contributed by atoms with Crippen molar-refractivity contribution in [2.45, 2.75) is 32.2 Å². The Morgan fingerprint density at radius 1 is 1.31 bits per heavy atom. The van der Waals surface area contributed by atoms with Crippen LogP contribution in [0.1, 0.15) is 30.7 Å². The summed E-state index contributed by atoms with van der Waals surface area (Å²) in [5.41, 5.74) is 5.69. The van der Waals surface area contributed by atoms with Crippen LogP contribution in [0, 0.1) is 11.8 Å². The molecule has 0 bridgehead atoms. The van der Waals surface area contributed by atoms with Crippen molar-refractivity contribution >= 4 is 11.3 Å². The molecule has 3 nitrogen and oxygen atoms in total. The summed E-state index contributed by atoms with van der Waals surface area (Å²) in [6.07, 6.45) is 7.19. The molecule has 0 saturated heterocycles. The van der Waals surface area contributed by atoms with Crippen molar-refractivity contribution < 1.29 is 0 Å². The lowest BCUT2D eigenvalue weighted by molar-refractivity contribution is 0.272. The van der Waals surface area contributed by atoms with Crippen LogP contribution in [-0.4, -0.2) is 18.1 Å². The molecule has 16 heavy (non-hydrogen) atoms. The summed E-state index contributed by atoms with van der Waals surface area (Å²) in [5, 5.41) is 6.73. The maximum Gasteiger partial charge on any atom is 0.106 e. The lowest BCUT2D eigenvalue weighted by Crippen LogP contribution is -2.28. The fraction of sp³-hybridized carbons (Fsp3) is 0.750. The van der Waals surface area contributed by atoms with Crippen molar-refractivity contribution in [3.63, 3.8) is 0 Å². The largest absolute Gasteiger partial charge is 0.330 e. The Hall–Kier alpha value is -0.450. The van der Waals surface area contributed by atoms with Gasteiger partial charge in [0.25, 0.3) is 0 Å². The second-order valence-corrected chi connectivity index (χ2v) is 5.66. The van der Waals surface area contributed by atoms with Gasteiger partial charge < -0.3 is 11.1 Å². The maximum atomic E-state index is 5.69. The Bertz CT molecular complexity index is 278. The second kappa shape index (κ2) is 6.33. The van der Waals surface area contributed by atoms with Gasteiger partial charge in [-0.15, -0.1) is 11.3 Å². The Kier molecular flexibility index (Phi) is 4.75. The van der Waals surface area contributed by atoms with E-state index in [2.05, 4.69) is 10.3 Å². The summed E-state index contributed by atoms with van der Waals surface area (Å²) in [5.74, 6) is 1.64. The summed E-state index contributed by atoms with van der Waals surface area (Å²) < 4.78 is 0. The number of nitrogens with zero attached hydrogens (tertiary/aromatic N) is 1. The highest BCUT2D eigenvalue weighted by molar-refractivity contribution is 7.09. The van der Waals surface area contributed by atoms with Gasteiger partial charge in [-0.3, -0.25) is 0 Å². The quantitative estimate of drug-likeness (QED) is 0.826. The number of rotatable bonds is 5. The molecule has 0 atom stereocenters. The predicted octanol–water partition coefficient (Wildman–Crippen LogP) is 2.00. The van der Waals surface area contributed by atoms with Crippen molar-refractivity contribution in [3.05, 3.63) is 16.6 Å². The van der Waals surface area contributed by atoms with Crippen LogP contribution in [0.4, 0.5) is 0 Å². The van der Waals surface area contributed by atoms with Crippen molar-refractivity contribution in [1.29, 1.82) is 0 Å². The molecule has 0 unspecified atom stereocenters. The van der Waals surface area contributed by atoms with Gasteiger partial charge in [0.1, 0.15) is 5.01 Å². The first-order valence-electron chi connectivity index (χ1n) is 6.17. The average molecular weight is 239 g/mol. The third kappa shape index (κ3) is 3.54. The Morgan fingerprint density at radius 3 is 2.69 bits per heavy atom. The highest BCUT2D eigenvalue weighted by Crippen LogP contribution is 2.27. The van der Waals surface area contributed by atoms with Crippen LogP contribution < -0.4 is 11.1 Å². The number of nitrogens with one attached hydrogen (secondary N) is 1. The van der Waals surface area contributed by atoms with E-state index in [-0.39, 0.29) is 0 Å². The second-order valence-electron chi connectivity index (χ2n) is 4.68. The number of hydrogen-bond donors (Lipinski definition) is 2. The Morgan fingerprint density at radius 2 is 2.06 bits per heavy atom. The standard InChI is InChI=1S/C12H21N3S/c13-7-10-1-3-11(4-2-10)8-14-9-12-15-5-6-16-12/h5-6,10-11,14H,1-4,7-9,13H2. The van der Waals surface area contributed by atoms with E-state index in [9.17, 15) is 0 Å². The zero-order valence-corrected chi connectivity index (χ0v) is 10.5. The molecule has 1 heterocycles. The molecule has 1 fully saturated rings. The zero-order chi connectivity index (χ0) is 11.2. The molecule has 3 N–H and O–H groups in total. The molecule has 1 aromatic heterocycles. The first kappa shape index (κ1) is 12.0. The summed E-state index contributed by atoms with van der Waals surface area (Å²) >= 11 is 1.72. The summed E-state index contributed by atoms with van der Waals surface area (Å²) in [6.45, 7) is 2.94. The minimum Gasteiger partial charge on any atom is -0.330 e. The van der Waals surface area contributed by atoms with Crippen LogP contribution in [0.5, 0.6) is 0 Å². The predicted molar refractivity (Wildman–Crippen MR) is 68.3 cm³/mol. The molecular weight excluding hydrogens is 218 g/mol. The van der Waals surface area contributed by atoms with Crippen molar-refractivity contribution in [3.8, 4) is 0 Å². The van der Waals surface area contributed by atoms with Gasteiger partial charge >= 0.3 is 0 Å². The van der Waals surface area contributed by atoms with Gasteiger partial charge in [0.2, 0.25) is 0 Å². The molecule has 1 saturated carbocycles. The molecule has 1 aromatic rings. The van der Waals surface area contributed by atoms with Gasteiger partial charge in [-0.2, -0.15) is 0 Å². The van der Waals surface area contributed by atoms with Crippen molar-refractivity contribution in [1.82, 2.24) is 10.3 Å². The monoisotopic (exact) mass is 239 g/mol. The van der Waals surface area contributed by atoms with Crippen LogP contribution in [0.25, 0.3) is 0 Å². The lowest BCUT2D eigenvalue weighted by atomic mass is 9.82. The zero-order valence-electron chi connectivity index (χ0n) is 9.69. The molecule has 1 aliphatic carbocycles. The van der Waals surface area contributed by atoms with Crippen molar-refractivity contribution in [2.24, 2.45) is 17.6 Å². The van der Waals surface area contributed by atoms with E-state index in [1.807, 2.05) is 11.6 Å². The molecule has 0 radical (unpaired) electrons. The van der Waals surface area contributed by atoms with Crippen LogP contribution in [0.3, 0.4) is 0 Å². The molecule has 1 aliphatic rings. The fourth-order valence-electron chi connectivity index (χ4n) is 2.39. The van der Waals surface area contributed by atoms with Crippen LogP contribution >= 0.6 is 11.3 Å². The van der Waals surface area contributed by atoms with Gasteiger partial charge in [0, 0.05) is 18.1 Å². The lowest BCUT2D eigenvalue weighted by Gasteiger charge is -2.27. The smallest absolute Gasteiger partial charge is 0.106 e. The van der Waals surface area contributed by atoms with Crippen LogP contribution in [0.2, 0.25) is 0 Å². The van der Waals surface area contributed by atoms with Gasteiger partial charge in [0.05, 0.1) is 0 Å². The molecule has 0 aliphatic heterocycles. The Balaban J connectivity index is 1.60. The van der Waals surface area contributed by atoms with Gasteiger partial charge in [-0.25, -0.2) is 4.98 Å². The van der Waals surface area contributed by atoms with Crippen LogP contribution in [0.15, 0.2) is 11.6 Å². The SMILES string of the molecule is NCC1CCC(CNCc2nccs2)CC1. The van der Waals surface area contributed by atoms with Crippen LogP contribution in [-0.2, 0) is 6.54 Å². The maximum absolute atomic E-state index is 5.69. The first-order valence-corrected chi connectivity index (χ1v) is 7.05. The highest BCUT2D eigenvalue weighted by Gasteiger charge is 2.19. The third-order valence-electron chi connectivity index (χ3n) is 3.49.